The van der Waals surface area contributed by atoms with Gasteiger partial charge in [0.15, 0.2) is 0 Å². The molecule has 0 aliphatic carbocycles. The molecule has 0 fully saturated rings. The summed E-state index contributed by atoms with van der Waals surface area (Å²) in [6.07, 6.45) is 1.51. The van der Waals surface area contributed by atoms with Crippen LogP contribution in [0.25, 0.3) is 6.08 Å². The third-order valence-corrected chi connectivity index (χ3v) is 6.97. The van der Waals surface area contributed by atoms with Gasteiger partial charge in [-0.05, 0) is 72.3 Å². The average molecular weight is 586 g/mol. The summed E-state index contributed by atoms with van der Waals surface area (Å²) < 4.78 is 0. The maximum Gasteiger partial charge on any atom is 0.335 e. The minimum atomic E-state index is -1.08. The quantitative estimate of drug-likeness (QED) is 0.130. The summed E-state index contributed by atoms with van der Waals surface area (Å²) in [6.45, 7) is 0. The van der Waals surface area contributed by atoms with Gasteiger partial charge in [0.05, 0.1) is 11.3 Å². The van der Waals surface area contributed by atoms with E-state index in [2.05, 4.69) is 16.0 Å². The van der Waals surface area contributed by atoms with Crippen molar-refractivity contribution in [1.29, 1.82) is 0 Å². The van der Waals surface area contributed by atoms with Crippen molar-refractivity contribution in [3.8, 4) is 0 Å². The van der Waals surface area contributed by atoms with Crippen molar-refractivity contribution in [2.24, 2.45) is 0 Å². The Morgan fingerprint density at radius 3 is 2.15 bits per heavy atom. The predicted molar refractivity (Wildman–Crippen MR) is 161 cm³/mol. The standard InChI is InChI=1S/C31H24ClN3O5S/c32-26-12-5-4-9-21(26)18-27(35-29(37)20-7-2-1-3-8-20)30(38)34-23-13-15-25(16-14-23)41-19-28(36)33-24-11-6-10-22(17-24)31(39)40/h1-18H,19H2,(H,33,36)(H,34,38)(H,35,37)(H,39,40)/b27-18-. The van der Waals surface area contributed by atoms with Crippen LogP contribution < -0.4 is 16.0 Å². The zero-order valence-corrected chi connectivity index (χ0v) is 23.0. The highest BCUT2D eigenvalue weighted by atomic mass is 35.5. The second kappa shape index (κ2) is 14.0. The number of anilines is 2. The number of hydrogen-bond donors (Lipinski definition) is 4. The SMILES string of the molecule is O=C(CSc1ccc(NC(=O)/C(=C/c2ccccc2Cl)NC(=O)c2ccccc2)cc1)Nc1cccc(C(=O)O)c1. The number of rotatable bonds is 10. The van der Waals surface area contributed by atoms with Gasteiger partial charge >= 0.3 is 5.97 Å². The molecular formula is C31H24ClN3O5S. The Morgan fingerprint density at radius 2 is 1.44 bits per heavy atom. The van der Waals surface area contributed by atoms with E-state index in [4.69, 9.17) is 16.7 Å². The third-order valence-electron chi connectivity index (χ3n) is 5.61. The first-order valence-corrected chi connectivity index (χ1v) is 13.6. The second-order valence-corrected chi connectivity index (χ2v) is 10.1. The van der Waals surface area contributed by atoms with Crippen LogP contribution in [0.5, 0.6) is 0 Å². The van der Waals surface area contributed by atoms with Gasteiger partial charge in [0.25, 0.3) is 11.8 Å². The zero-order valence-electron chi connectivity index (χ0n) is 21.5. The van der Waals surface area contributed by atoms with Gasteiger partial charge in [-0.1, -0.05) is 54.1 Å². The van der Waals surface area contributed by atoms with E-state index in [0.29, 0.717) is 27.5 Å². The van der Waals surface area contributed by atoms with Crippen molar-refractivity contribution in [2.75, 3.05) is 16.4 Å². The number of carbonyl (C=O) groups excluding carboxylic acids is 3. The zero-order chi connectivity index (χ0) is 29.2. The molecule has 4 aromatic rings. The van der Waals surface area contributed by atoms with Crippen LogP contribution in [0.2, 0.25) is 5.02 Å². The minimum absolute atomic E-state index is 0.00837. The molecule has 0 saturated carbocycles. The Morgan fingerprint density at radius 1 is 0.756 bits per heavy atom. The average Bonchev–Trinajstić information content (AvgIpc) is 2.98. The molecule has 0 aromatic heterocycles. The lowest BCUT2D eigenvalue weighted by atomic mass is 10.1. The number of carboxylic acids is 1. The number of amides is 3. The van der Waals surface area contributed by atoms with Gasteiger partial charge in [-0.25, -0.2) is 4.79 Å². The lowest BCUT2D eigenvalue weighted by molar-refractivity contribution is -0.114. The molecule has 8 nitrogen and oxygen atoms in total. The Bertz CT molecular complexity index is 1610. The van der Waals surface area contributed by atoms with Crippen LogP contribution in [0.15, 0.2) is 114 Å². The van der Waals surface area contributed by atoms with E-state index < -0.39 is 17.8 Å². The fourth-order valence-corrected chi connectivity index (χ4v) is 4.49. The number of hydrogen-bond acceptors (Lipinski definition) is 5. The molecule has 0 spiro atoms. The van der Waals surface area contributed by atoms with Crippen molar-refractivity contribution in [2.45, 2.75) is 4.90 Å². The highest BCUT2D eigenvalue weighted by Crippen LogP contribution is 2.22. The van der Waals surface area contributed by atoms with Crippen molar-refractivity contribution in [3.63, 3.8) is 0 Å². The highest BCUT2D eigenvalue weighted by Gasteiger charge is 2.16. The van der Waals surface area contributed by atoms with E-state index in [0.717, 1.165) is 4.90 Å². The molecule has 0 atom stereocenters. The van der Waals surface area contributed by atoms with Crippen molar-refractivity contribution in [3.05, 3.63) is 131 Å². The van der Waals surface area contributed by atoms with Crippen molar-refractivity contribution in [1.82, 2.24) is 5.32 Å². The number of carbonyl (C=O) groups is 4. The third kappa shape index (κ3) is 8.56. The van der Waals surface area contributed by atoms with E-state index in [1.54, 1.807) is 91.0 Å². The molecular weight excluding hydrogens is 562 g/mol. The first kappa shape index (κ1) is 29.1. The number of nitrogens with one attached hydrogen (secondary N) is 3. The fourth-order valence-electron chi connectivity index (χ4n) is 3.60. The minimum Gasteiger partial charge on any atom is -0.478 e. The van der Waals surface area contributed by atoms with Crippen molar-refractivity contribution < 1.29 is 24.3 Å². The summed E-state index contributed by atoms with van der Waals surface area (Å²) in [7, 11) is 0. The summed E-state index contributed by atoms with van der Waals surface area (Å²) in [5.74, 6) is -2.26. The monoisotopic (exact) mass is 585 g/mol. The highest BCUT2D eigenvalue weighted by molar-refractivity contribution is 8.00. The molecule has 10 heteroatoms. The van der Waals surface area contributed by atoms with Crippen LogP contribution in [-0.4, -0.2) is 34.6 Å². The molecule has 0 unspecified atom stereocenters. The van der Waals surface area contributed by atoms with Crippen molar-refractivity contribution >= 4 is 64.5 Å². The van der Waals surface area contributed by atoms with Gasteiger partial charge in [-0.3, -0.25) is 14.4 Å². The molecule has 0 saturated heterocycles. The molecule has 3 amide bonds. The fraction of sp³-hybridized carbons (Fsp3) is 0.0323. The summed E-state index contributed by atoms with van der Waals surface area (Å²) in [4.78, 5) is 50.2. The van der Waals surface area contributed by atoms with Gasteiger partial charge in [0.2, 0.25) is 5.91 Å². The molecule has 4 N–H and O–H groups in total. The van der Waals surface area contributed by atoms with Crippen LogP contribution in [0.3, 0.4) is 0 Å². The molecule has 0 radical (unpaired) electrons. The largest absolute Gasteiger partial charge is 0.478 e. The molecule has 41 heavy (non-hydrogen) atoms. The maximum absolute atomic E-state index is 13.2. The van der Waals surface area contributed by atoms with E-state index in [1.165, 1.54) is 30.0 Å². The molecule has 4 rings (SSSR count). The van der Waals surface area contributed by atoms with E-state index in [1.807, 2.05) is 0 Å². The van der Waals surface area contributed by atoms with Crippen LogP contribution in [0, 0.1) is 0 Å². The van der Waals surface area contributed by atoms with E-state index >= 15 is 0 Å². The summed E-state index contributed by atoms with van der Waals surface area (Å²) in [5.41, 5.74) is 1.92. The van der Waals surface area contributed by atoms with E-state index in [9.17, 15) is 19.2 Å². The Balaban J connectivity index is 1.40. The van der Waals surface area contributed by atoms with Crippen LogP contribution in [-0.2, 0) is 9.59 Å². The lowest BCUT2D eigenvalue weighted by Crippen LogP contribution is -2.30. The second-order valence-electron chi connectivity index (χ2n) is 8.60. The van der Waals surface area contributed by atoms with Crippen LogP contribution in [0.1, 0.15) is 26.3 Å². The Kier molecular flexibility index (Phi) is 9.93. The maximum atomic E-state index is 13.2. The molecule has 0 aliphatic rings. The predicted octanol–water partition coefficient (Wildman–Crippen LogP) is 6.18. The van der Waals surface area contributed by atoms with E-state index in [-0.39, 0.29) is 22.9 Å². The number of aromatic carboxylic acids is 1. The van der Waals surface area contributed by atoms with Gasteiger partial charge in [-0.15, -0.1) is 11.8 Å². The molecule has 0 bridgehead atoms. The number of thioether (sulfide) groups is 1. The smallest absolute Gasteiger partial charge is 0.335 e. The van der Waals surface area contributed by atoms with Gasteiger partial charge in [-0.2, -0.15) is 0 Å². The first-order valence-electron chi connectivity index (χ1n) is 12.3. The van der Waals surface area contributed by atoms with Crippen LogP contribution >= 0.6 is 23.4 Å². The van der Waals surface area contributed by atoms with Gasteiger partial charge in [0, 0.05) is 26.9 Å². The number of halogens is 1. The Hall–Kier alpha value is -4.86. The normalized spacial score (nSPS) is 10.9. The molecule has 4 aromatic carbocycles. The summed E-state index contributed by atoms with van der Waals surface area (Å²) >= 11 is 7.55. The lowest BCUT2D eigenvalue weighted by Gasteiger charge is -2.12. The summed E-state index contributed by atoms with van der Waals surface area (Å²) in [5, 5.41) is 17.6. The topological polar surface area (TPSA) is 125 Å². The van der Waals surface area contributed by atoms with Gasteiger partial charge in [0.1, 0.15) is 5.70 Å². The molecule has 206 valence electrons. The number of carboxylic acid groups (broad SMARTS) is 1. The van der Waals surface area contributed by atoms with Crippen LogP contribution in [0.4, 0.5) is 11.4 Å². The Labute approximate surface area is 245 Å². The summed E-state index contributed by atoms with van der Waals surface area (Å²) in [6, 6.07) is 28.4. The molecule has 0 aliphatic heterocycles. The molecule has 0 heterocycles. The first-order chi connectivity index (χ1) is 19.8. The van der Waals surface area contributed by atoms with Gasteiger partial charge < -0.3 is 21.1 Å². The number of benzene rings is 4.